The van der Waals surface area contributed by atoms with Gasteiger partial charge in [-0.05, 0) is 6.08 Å². The molecule has 0 spiro atoms. The fourth-order valence-electron chi connectivity index (χ4n) is 0.348. The van der Waals surface area contributed by atoms with Crippen LogP contribution in [0.4, 0.5) is 0 Å². The smallest absolute Gasteiger partial charge is 0.288 e. The molecule has 2 N–H and O–H groups in total. The summed E-state index contributed by atoms with van der Waals surface area (Å²) in [5.41, 5.74) is 0.518. The molecule has 1 aliphatic heterocycles. The zero-order chi connectivity index (χ0) is 5.98. The van der Waals surface area contributed by atoms with E-state index in [9.17, 15) is 4.79 Å². The summed E-state index contributed by atoms with van der Waals surface area (Å²) in [4.78, 5) is 10.2. The summed E-state index contributed by atoms with van der Waals surface area (Å²) < 4.78 is 0. The summed E-state index contributed by atoms with van der Waals surface area (Å²) in [5, 5.41) is 6.62. The van der Waals surface area contributed by atoms with Crippen LogP contribution in [0.15, 0.2) is 34.7 Å². The fourth-order valence-corrected chi connectivity index (χ4v) is 0.348. The molecule has 1 amide bonds. The Labute approximate surface area is 51.9 Å². The molecule has 9 heavy (non-hydrogen) atoms. The standard InChI is InChI=1S/C5H4N2O.H2O/c1-4-2-3-5(8)7-6-4;/h2-3H,1H2;1H2. The van der Waals surface area contributed by atoms with Crippen molar-refractivity contribution in [3.8, 4) is 0 Å². The molecule has 48 valence electrons. The number of hydrogen-bond acceptors (Lipinski definition) is 2. The molecular formula is C5H6N2O2. The number of carbonyl (C=O) groups is 1. The van der Waals surface area contributed by atoms with Crippen LogP contribution < -0.4 is 0 Å². The van der Waals surface area contributed by atoms with Crippen molar-refractivity contribution in [3.05, 3.63) is 24.4 Å². The van der Waals surface area contributed by atoms with Gasteiger partial charge in [-0.25, -0.2) is 0 Å². The second-order valence-electron chi connectivity index (χ2n) is 1.36. The molecule has 0 fully saturated rings. The molecule has 1 aliphatic rings. The minimum Gasteiger partial charge on any atom is -0.412 e. The number of azo groups is 1. The molecule has 0 atom stereocenters. The van der Waals surface area contributed by atoms with E-state index in [4.69, 9.17) is 0 Å². The van der Waals surface area contributed by atoms with Crippen molar-refractivity contribution in [2.45, 2.75) is 0 Å². The molecule has 1 heterocycles. The quantitative estimate of drug-likeness (QED) is 0.457. The van der Waals surface area contributed by atoms with Gasteiger partial charge in [0.15, 0.2) is 0 Å². The third-order valence-corrected chi connectivity index (χ3v) is 0.695. The molecule has 4 nitrogen and oxygen atoms in total. The van der Waals surface area contributed by atoms with E-state index < -0.39 is 0 Å². The first kappa shape index (κ1) is 7.71. The van der Waals surface area contributed by atoms with Crippen LogP contribution in [0.2, 0.25) is 0 Å². The Kier molecular flexibility index (Phi) is 2.47. The van der Waals surface area contributed by atoms with E-state index in [-0.39, 0.29) is 11.4 Å². The van der Waals surface area contributed by atoms with Crippen molar-refractivity contribution in [3.63, 3.8) is 0 Å². The van der Waals surface area contributed by atoms with Crippen LogP contribution in [0.3, 0.4) is 0 Å². The van der Waals surface area contributed by atoms with Crippen molar-refractivity contribution >= 4 is 5.91 Å². The maximum Gasteiger partial charge on any atom is 0.288 e. The minimum absolute atomic E-state index is 0. The largest absolute Gasteiger partial charge is 0.412 e. The molecule has 0 radical (unpaired) electrons. The van der Waals surface area contributed by atoms with Gasteiger partial charge in [0.2, 0.25) is 0 Å². The van der Waals surface area contributed by atoms with Gasteiger partial charge in [-0.15, -0.1) is 10.2 Å². The van der Waals surface area contributed by atoms with E-state index in [0.717, 1.165) is 0 Å². The van der Waals surface area contributed by atoms with Gasteiger partial charge in [0.25, 0.3) is 5.91 Å². The first-order chi connectivity index (χ1) is 3.79. The van der Waals surface area contributed by atoms with Crippen LogP contribution in [0.25, 0.3) is 0 Å². The summed E-state index contributed by atoms with van der Waals surface area (Å²) in [6.45, 7) is 3.45. The van der Waals surface area contributed by atoms with Crippen LogP contribution in [-0.2, 0) is 4.79 Å². The fraction of sp³-hybridized carbons (Fsp3) is 0. The Morgan fingerprint density at radius 1 is 1.33 bits per heavy atom. The van der Waals surface area contributed by atoms with Crippen molar-refractivity contribution < 1.29 is 10.3 Å². The Morgan fingerprint density at radius 3 is 2.33 bits per heavy atom. The highest BCUT2D eigenvalue weighted by Gasteiger charge is 1.96. The van der Waals surface area contributed by atoms with Crippen LogP contribution in [-0.4, -0.2) is 11.4 Å². The van der Waals surface area contributed by atoms with Crippen LogP contribution in [0, 0.1) is 0 Å². The third kappa shape index (κ3) is 1.96. The zero-order valence-corrected chi connectivity index (χ0v) is 4.66. The normalized spacial score (nSPS) is 15.6. The number of amides is 1. The molecule has 0 unspecified atom stereocenters. The maximum atomic E-state index is 10.2. The summed E-state index contributed by atoms with van der Waals surface area (Å²) in [6.07, 6.45) is 2.85. The first-order valence-corrected chi connectivity index (χ1v) is 2.12. The minimum atomic E-state index is -0.322. The molecule has 1 rings (SSSR count). The average molecular weight is 126 g/mol. The maximum absolute atomic E-state index is 10.2. The van der Waals surface area contributed by atoms with Gasteiger partial charge in [0, 0.05) is 6.08 Å². The molecule has 4 heteroatoms. The van der Waals surface area contributed by atoms with Crippen molar-refractivity contribution in [1.82, 2.24) is 0 Å². The topological polar surface area (TPSA) is 73.3 Å². The number of carbonyl (C=O) groups excluding carboxylic acids is 1. The SMILES string of the molecule is C=C1C=CC(=O)N=N1.O. The third-order valence-electron chi connectivity index (χ3n) is 0.695. The molecular weight excluding hydrogens is 120 g/mol. The summed E-state index contributed by atoms with van der Waals surface area (Å²) in [7, 11) is 0. The number of allylic oxidation sites excluding steroid dienone is 1. The number of rotatable bonds is 0. The molecule has 0 aliphatic carbocycles. The van der Waals surface area contributed by atoms with Crippen LogP contribution in [0.1, 0.15) is 0 Å². The predicted molar refractivity (Wildman–Crippen MR) is 31.8 cm³/mol. The zero-order valence-electron chi connectivity index (χ0n) is 4.66. The Bertz CT molecular complexity index is 155. The van der Waals surface area contributed by atoms with Gasteiger partial charge in [0.1, 0.15) is 0 Å². The lowest BCUT2D eigenvalue weighted by Crippen LogP contribution is -1.88. The van der Waals surface area contributed by atoms with Gasteiger partial charge >= 0.3 is 0 Å². The van der Waals surface area contributed by atoms with Gasteiger partial charge in [-0.2, -0.15) is 0 Å². The highest BCUT2D eigenvalue weighted by molar-refractivity contribution is 5.89. The Balaban J connectivity index is 0.000000640. The summed E-state index contributed by atoms with van der Waals surface area (Å²) in [5.74, 6) is -0.322. The number of nitrogens with zero attached hydrogens (tertiary/aromatic N) is 2. The molecule has 0 saturated carbocycles. The second kappa shape index (κ2) is 2.88. The van der Waals surface area contributed by atoms with Crippen molar-refractivity contribution in [1.29, 1.82) is 0 Å². The van der Waals surface area contributed by atoms with Crippen LogP contribution in [0.5, 0.6) is 0 Å². The monoisotopic (exact) mass is 126 g/mol. The summed E-state index contributed by atoms with van der Waals surface area (Å²) in [6, 6.07) is 0. The molecule has 0 bridgehead atoms. The molecule has 0 aromatic rings. The van der Waals surface area contributed by atoms with E-state index in [0.29, 0.717) is 5.70 Å². The van der Waals surface area contributed by atoms with Gasteiger partial charge < -0.3 is 5.48 Å². The highest BCUT2D eigenvalue weighted by Crippen LogP contribution is 2.01. The molecule has 0 saturated heterocycles. The van der Waals surface area contributed by atoms with E-state index in [1.165, 1.54) is 12.2 Å². The van der Waals surface area contributed by atoms with Crippen molar-refractivity contribution in [2.75, 3.05) is 0 Å². The van der Waals surface area contributed by atoms with Gasteiger partial charge in [0.05, 0.1) is 5.70 Å². The second-order valence-corrected chi connectivity index (χ2v) is 1.36. The Morgan fingerprint density at radius 2 is 2.00 bits per heavy atom. The van der Waals surface area contributed by atoms with Gasteiger partial charge in [-0.3, -0.25) is 4.79 Å². The lowest BCUT2D eigenvalue weighted by Gasteiger charge is -1.90. The van der Waals surface area contributed by atoms with Crippen LogP contribution >= 0.6 is 0 Å². The lowest BCUT2D eigenvalue weighted by atomic mass is 10.4. The Hall–Kier alpha value is -1.29. The van der Waals surface area contributed by atoms with E-state index in [1.807, 2.05) is 0 Å². The van der Waals surface area contributed by atoms with Gasteiger partial charge in [-0.1, -0.05) is 6.58 Å². The number of hydrogen-bond donors (Lipinski definition) is 0. The first-order valence-electron chi connectivity index (χ1n) is 2.12. The lowest BCUT2D eigenvalue weighted by molar-refractivity contribution is -0.114. The molecule has 0 aromatic heterocycles. The highest BCUT2D eigenvalue weighted by atomic mass is 16.1. The molecule has 0 aromatic carbocycles. The average Bonchev–Trinajstić information content (AvgIpc) is 1.77. The van der Waals surface area contributed by atoms with E-state index in [2.05, 4.69) is 16.8 Å². The van der Waals surface area contributed by atoms with Crippen molar-refractivity contribution in [2.24, 2.45) is 10.2 Å². The van der Waals surface area contributed by atoms with E-state index in [1.54, 1.807) is 0 Å². The predicted octanol–water partition coefficient (Wildman–Crippen LogP) is 0.224. The summed E-state index contributed by atoms with van der Waals surface area (Å²) >= 11 is 0. The van der Waals surface area contributed by atoms with E-state index >= 15 is 0 Å².